The van der Waals surface area contributed by atoms with Crippen LogP contribution >= 0.6 is 0 Å². The summed E-state index contributed by atoms with van der Waals surface area (Å²) in [5.41, 5.74) is 0. The molecule has 0 saturated carbocycles. The molecule has 0 atom stereocenters. The van der Waals surface area contributed by atoms with Gasteiger partial charge in [0.2, 0.25) is 0 Å². The minimum atomic E-state index is 0.0143. The number of allylic oxidation sites excluding steroid dienone is 4. The molecule has 49 heavy (non-hydrogen) atoms. The zero-order valence-corrected chi connectivity index (χ0v) is 33.9. The molecular formula is C47H90O2. The number of carbonyl (C=O) groups is 1. The van der Waals surface area contributed by atoms with Crippen molar-refractivity contribution >= 4 is 5.97 Å². The monoisotopic (exact) mass is 687 g/mol. The molecule has 0 rings (SSSR count). The lowest BCUT2D eigenvalue weighted by Crippen LogP contribution is -2.05. The first kappa shape index (κ1) is 48.0. The second-order valence-corrected chi connectivity index (χ2v) is 15.4. The molecule has 0 aromatic heterocycles. The van der Waals surface area contributed by atoms with Gasteiger partial charge in [-0.2, -0.15) is 0 Å². The first-order valence-electron chi connectivity index (χ1n) is 22.8. The largest absolute Gasteiger partial charge is 0.466 e. The third-order valence-corrected chi connectivity index (χ3v) is 10.3. The molecule has 0 fully saturated rings. The molecule has 0 amide bonds. The highest BCUT2D eigenvalue weighted by molar-refractivity contribution is 5.69. The van der Waals surface area contributed by atoms with Gasteiger partial charge >= 0.3 is 5.97 Å². The predicted octanol–water partition coefficient (Wildman–Crippen LogP) is 16.9. The smallest absolute Gasteiger partial charge is 0.305 e. The van der Waals surface area contributed by atoms with Crippen molar-refractivity contribution in [2.24, 2.45) is 0 Å². The number of esters is 1. The maximum Gasteiger partial charge on any atom is 0.305 e. The lowest BCUT2D eigenvalue weighted by molar-refractivity contribution is -0.143. The van der Waals surface area contributed by atoms with Crippen LogP contribution < -0.4 is 0 Å². The van der Waals surface area contributed by atoms with Crippen molar-refractivity contribution in [3.63, 3.8) is 0 Å². The van der Waals surface area contributed by atoms with Gasteiger partial charge in [-0.15, -0.1) is 0 Å². The number of carbonyl (C=O) groups excluding carboxylic acids is 1. The van der Waals surface area contributed by atoms with Crippen molar-refractivity contribution in [2.75, 3.05) is 6.61 Å². The Hall–Kier alpha value is -1.05. The summed E-state index contributed by atoms with van der Waals surface area (Å²) in [4.78, 5) is 12.0. The highest BCUT2D eigenvalue weighted by Gasteiger charge is 2.03. The minimum Gasteiger partial charge on any atom is -0.466 e. The molecule has 290 valence electrons. The van der Waals surface area contributed by atoms with Gasteiger partial charge in [0.25, 0.3) is 0 Å². The zero-order chi connectivity index (χ0) is 35.4. The standard InChI is InChI=1S/C47H90O2/c1-3-5-7-9-11-13-15-17-19-20-21-22-23-24-25-26-27-28-29-30-32-34-36-38-40-42-44-46-49-47(48)45-43-41-39-37-35-33-31-18-16-14-12-10-8-6-4-2/h12,14,18,31H,3-11,13,15-17,19-30,32-46H2,1-2H3. The highest BCUT2D eigenvalue weighted by Crippen LogP contribution is 2.16. The van der Waals surface area contributed by atoms with E-state index in [0.29, 0.717) is 13.0 Å². The molecule has 0 aromatic carbocycles. The van der Waals surface area contributed by atoms with E-state index in [2.05, 4.69) is 38.2 Å². The molecule has 0 bridgehead atoms. The van der Waals surface area contributed by atoms with Crippen LogP contribution in [0.25, 0.3) is 0 Å². The average Bonchev–Trinajstić information content (AvgIpc) is 3.11. The van der Waals surface area contributed by atoms with E-state index < -0.39 is 0 Å². The Morgan fingerprint density at radius 1 is 0.347 bits per heavy atom. The van der Waals surface area contributed by atoms with Gasteiger partial charge in [0.15, 0.2) is 0 Å². The molecule has 0 radical (unpaired) electrons. The fourth-order valence-electron chi connectivity index (χ4n) is 6.93. The molecule has 0 saturated heterocycles. The topological polar surface area (TPSA) is 26.3 Å². The van der Waals surface area contributed by atoms with Gasteiger partial charge in [0, 0.05) is 6.42 Å². The van der Waals surface area contributed by atoms with Crippen LogP contribution in [0.3, 0.4) is 0 Å². The summed E-state index contributed by atoms with van der Waals surface area (Å²) in [6.07, 6.45) is 61.5. The van der Waals surface area contributed by atoms with Gasteiger partial charge in [0.05, 0.1) is 6.61 Å². The quantitative estimate of drug-likeness (QED) is 0.0363. The first-order valence-corrected chi connectivity index (χ1v) is 22.8. The van der Waals surface area contributed by atoms with E-state index >= 15 is 0 Å². The van der Waals surface area contributed by atoms with Crippen LogP contribution in [0, 0.1) is 0 Å². The second kappa shape index (κ2) is 45.0. The number of hydrogen-bond donors (Lipinski definition) is 0. The summed E-state index contributed by atoms with van der Waals surface area (Å²) in [5.74, 6) is 0.0143. The van der Waals surface area contributed by atoms with E-state index in [0.717, 1.165) is 25.7 Å². The van der Waals surface area contributed by atoms with E-state index in [-0.39, 0.29) is 5.97 Å². The lowest BCUT2D eigenvalue weighted by Gasteiger charge is -2.06. The van der Waals surface area contributed by atoms with Gasteiger partial charge in [0.1, 0.15) is 0 Å². The molecular weight excluding hydrogens is 597 g/mol. The van der Waals surface area contributed by atoms with Gasteiger partial charge in [-0.1, -0.05) is 237 Å². The molecule has 0 spiro atoms. The van der Waals surface area contributed by atoms with E-state index in [1.807, 2.05) is 0 Å². The SMILES string of the molecule is CCCCCC=CCC=CCCCCCCCC(=O)OCCCCCCCCCCCCCCCCCCCCCCCCCCCCC. The van der Waals surface area contributed by atoms with Crippen molar-refractivity contribution in [1.29, 1.82) is 0 Å². The Morgan fingerprint density at radius 3 is 1.02 bits per heavy atom. The highest BCUT2D eigenvalue weighted by atomic mass is 16.5. The molecule has 0 unspecified atom stereocenters. The first-order chi connectivity index (χ1) is 24.3. The maximum absolute atomic E-state index is 12.0. The molecule has 2 nitrogen and oxygen atoms in total. The normalized spacial score (nSPS) is 11.8. The minimum absolute atomic E-state index is 0.0143. The summed E-state index contributed by atoms with van der Waals surface area (Å²) >= 11 is 0. The molecule has 2 heteroatoms. The van der Waals surface area contributed by atoms with Crippen molar-refractivity contribution < 1.29 is 9.53 Å². The lowest BCUT2D eigenvalue weighted by atomic mass is 10.0. The summed E-state index contributed by atoms with van der Waals surface area (Å²) in [6, 6.07) is 0. The van der Waals surface area contributed by atoms with E-state index in [1.54, 1.807) is 0 Å². The Morgan fingerprint density at radius 2 is 0.633 bits per heavy atom. The van der Waals surface area contributed by atoms with Crippen LogP contribution in [0.4, 0.5) is 0 Å². The summed E-state index contributed by atoms with van der Waals surface area (Å²) in [6.45, 7) is 5.18. The fourth-order valence-corrected chi connectivity index (χ4v) is 6.93. The van der Waals surface area contributed by atoms with Gasteiger partial charge in [-0.3, -0.25) is 4.79 Å². The summed E-state index contributed by atoms with van der Waals surface area (Å²) in [5, 5.41) is 0. The van der Waals surface area contributed by atoms with Crippen molar-refractivity contribution in [2.45, 2.75) is 264 Å². The van der Waals surface area contributed by atoms with Crippen LogP contribution in [0.15, 0.2) is 24.3 Å². The number of unbranched alkanes of at least 4 members (excludes halogenated alkanes) is 34. The Balaban J connectivity index is 3.17. The Labute approximate surface area is 309 Å². The molecule has 0 heterocycles. The van der Waals surface area contributed by atoms with Crippen LogP contribution in [0.5, 0.6) is 0 Å². The number of ether oxygens (including phenoxy) is 1. The Bertz CT molecular complexity index is 665. The zero-order valence-electron chi connectivity index (χ0n) is 33.9. The molecule has 0 aromatic rings. The summed E-state index contributed by atoms with van der Waals surface area (Å²) in [7, 11) is 0. The van der Waals surface area contributed by atoms with Crippen molar-refractivity contribution in [3.05, 3.63) is 24.3 Å². The number of rotatable bonds is 42. The van der Waals surface area contributed by atoms with E-state index in [4.69, 9.17) is 4.74 Å². The Kier molecular flexibility index (Phi) is 44.0. The van der Waals surface area contributed by atoms with Crippen LogP contribution in [0.1, 0.15) is 264 Å². The van der Waals surface area contributed by atoms with Gasteiger partial charge in [-0.25, -0.2) is 0 Å². The maximum atomic E-state index is 12.0. The summed E-state index contributed by atoms with van der Waals surface area (Å²) < 4.78 is 5.46. The molecule has 0 aliphatic heterocycles. The second-order valence-electron chi connectivity index (χ2n) is 15.4. The predicted molar refractivity (Wildman–Crippen MR) is 221 cm³/mol. The van der Waals surface area contributed by atoms with Crippen molar-refractivity contribution in [1.82, 2.24) is 0 Å². The molecule has 0 aliphatic rings. The third kappa shape index (κ3) is 44.9. The third-order valence-electron chi connectivity index (χ3n) is 10.3. The fraction of sp³-hybridized carbons (Fsp3) is 0.894. The van der Waals surface area contributed by atoms with Gasteiger partial charge in [-0.05, 0) is 44.9 Å². The van der Waals surface area contributed by atoms with Crippen LogP contribution in [-0.4, -0.2) is 12.6 Å². The van der Waals surface area contributed by atoms with E-state index in [9.17, 15) is 4.79 Å². The molecule has 0 aliphatic carbocycles. The average molecular weight is 687 g/mol. The van der Waals surface area contributed by atoms with Crippen LogP contribution in [-0.2, 0) is 9.53 Å². The number of hydrogen-bond acceptors (Lipinski definition) is 2. The van der Waals surface area contributed by atoms with E-state index in [1.165, 1.54) is 218 Å². The molecule has 0 N–H and O–H groups in total. The van der Waals surface area contributed by atoms with Gasteiger partial charge < -0.3 is 4.74 Å². The van der Waals surface area contributed by atoms with Crippen LogP contribution in [0.2, 0.25) is 0 Å². The van der Waals surface area contributed by atoms with Crippen molar-refractivity contribution in [3.8, 4) is 0 Å².